The molecular formula is C19H16ClN3O3S. The van der Waals surface area contributed by atoms with Gasteiger partial charge < -0.3 is 4.74 Å². The maximum absolute atomic E-state index is 12.3. The Balaban J connectivity index is 1.55. The summed E-state index contributed by atoms with van der Waals surface area (Å²) in [5.74, 6) is 0.662. The molecule has 1 aromatic heterocycles. The van der Waals surface area contributed by atoms with E-state index in [1.807, 2.05) is 36.4 Å². The van der Waals surface area contributed by atoms with E-state index in [0.29, 0.717) is 18.8 Å². The van der Waals surface area contributed by atoms with Crippen molar-refractivity contribution in [2.45, 2.75) is 11.3 Å². The molecule has 0 atom stereocenters. The van der Waals surface area contributed by atoms with Gasteiger partial charge in [0.05, 0.1) is 22.1 Å². The molecule has 0 radical (unpaired) electrons. The lowest BCUT2D eigenvalue weighted by molar-refractivity contribution is 0.314. The predicted molar refractivity (Wildman–Crippen MR) is 103 cm³/mol. The van der Waals surface area contributed by atoms with Crippen LogP contribution < -0.4 is 9.46 Å². The monoisotopic (exact) mass is 401 g/mol. The van der Waals surface area contributed by atoms with Gasteiger partial charge in [-0.15, -0.1) is 0 Å². The first kappa shape index (κ1) is 19.1. The number of nitrogens with one attached hydrogen (secondary N) is 1. The lowest BCUT2D eigenvalue weighted by Crippen LogP contribution is -2.26. The summed E-state index contributed by atoms with van der Waals surface area (Å²) in [6, 6.07) is 15.4. The molecule has 0 aliphatic carbocycles. The molecule has 0 unspecified atom stereocenters. The first-order valence-corrected chi connectivity index (χ1v) is 10.0. The molecule has 8 heteroatoms. The highest BCUT2D eigenvalue weighted by Gasteiger charge is 2.15. The van der Waals surface area contributed by atoms with Gasteiger partial charge in [0.1, 0.15) is 17.3 Å². The van der Waals surface area contributed by atoms with Gasteiger partial charge in [0.2, 0.25) is 10.0 Å². The van der Waals surface area contributed by atoms with Crippen LogP contribution in [-0.2, 0) is 10.0 Å². The van der Waals surface area contributed by atoms with Gasteiger partial charge in [-0.2, -0.15) is 5.26 Å². The molecule has 0 bridgehead atoms. The Morgan fingerprint density at radius 2 is 2.00 bits per heavy atom. The van der Waals surface area contributed by atoms with Gasteiger partial charge in [0, 0.05) is 18.1 Å². The maximum atomic E-state index is 12.3. The van der Waals surface area contributed by atoms with Crippen LogP contribution in [0.4, 0.5) is 0 Å². The fraction of sp³-hybridized carbons (Fsp3) is 0.158. The second-order valence-electron chi connectivity index (χ2n) is 5.68. The number of benzene rings is 2. The average Bonchev–Trinajstić information content (AvgIpc) is 2.67. The Labute approximate surface area is 162 Å². The molecule has 138 valence electrons. The van der Waals surface area contributed by atoms with Crippen molar-refractivity contribution in [2.24, 2.45) is 0 Å². The Hall–Kier alpha value is -2.66. The Bertz CT molecular complexity index is 1110. The first-order chi connectivity index (χ1) is 13.0. The van der Waals surface area contributed by atoms with Crippen LogP contribution in [0.5, 0.6) is 5.75 Å². The average molecular weight is 402 g/mol. The van der Waals surface area contributed by atoms with E-state index in [0.717, 1.165) is 10.9 Å². The SMILES string of the molecule is N#Cc1ccc(S(=O)(=O)NCCCOc2cccc3cccnc23)cc1Cl. The van der Waals surface area contributed by atoms with Crippen molar-refractivity contribution in [3.05, 3.63) is 65.3 Å². The molecule has 0 saturated heterocycles. The van der Waals surface area contributed by atoms with Gasteiger partial charge in [-0.05, 0) is 36.8 Å². The number of ether oxygens (including phenoxy) is 1. The third-order valence-electron chi connectivity index (χ3n) is 3.84. The highest BCUT2D eigenvalue weighted by atomic mass is 35.5. The van der Waals surface area contributed by atoms with E-state index in [1.54, 1.807) is 6.20 Å². The molecular weight excluding hydrogens is 386 g/mol. The molecule has 0 amide bonds. The molecule has 0 fully saturated rings. The molecule has 2 aromatic carbocycles. The highest BCUT2D eigenvalue weighted by Crippen LogP contribution is 2.23. The Kier molecular flexibility index (Phi) is 5.91. The third-order valence-corrected chi connectivity index (χ3v) is 5.61. The number of nitriles is 1. The molecule has 1 N–H and O–H groups in total. The van der Waals surface area contributed by atoms with Gasteiger partial charge in [0.15, 0.2) is 0 Å². The van der Waals surface area contributed by atoms with E-state index in [-0.39, 0.29) is 22.0 Å². The fourth-order valence-electron chi connectivity index (χ4n) is 2.49. The van der Waals surface area contributed by atoms with Crippen molar-refractivity contribution in [1.29, 1.82) is 5.26 Å². The largest absolute Gasteiger partial charge is 0.491 e. The summed E-state index contributed by atoms with van der Waals surface area (Å²) >= 11 is 5.89. The van der Waals surface area contributed by atoms with Crippen molar-refractivity contribution >= 4 is 32.5 Å². The number of sulfonamides is 1. The van der Waals surface area contributed by atoms with Crippen LogP contribution in [0.2, 0.25) is 5.02 Å². The van der Waals surface area contributed by atoms with Crippen molar-refractivity contribution < 1.29 is 13.2 Å². The predicted octanol–water partition coefficient (Wildman–Crippen LogP) is 3.51. The standard InChI is InChI=1S/C19H16ClN3O3S/c20-17-12-16(8-7-15(17)13-21)27(24,25)23-10-3-11-26-18-6-1-4-14-5-2-9-22-19(14)18/h1-2,4-9,12,23H,3,10-11H2. The number of hydrogen-bond donors (Lipinski definition) is 1. The van der Waals surface area contributed by atoms with Crippen LogP contribution in [0.3, 0.4) is 0 Å². The maximum Gasteiger partial charge on any atom is 0.240 e. The number of nitrogens with zero attached hydrogens (tertiary/aromatic N) is 2. The van der Waals surface area contributed by atoms with Gasteiger partial charge in [-0.25, -0.2) is 13.1 Å². The van der Waals surface area contributed by atoms with Gasteiger partial charge in [-0.3, -0.25) is 4.98 Å². The number of rotatable bonds is 7. The van der Waals surface area contributed by atoms with E-state index < -0.39 is 10.0 Å². The van der Waals surface area contributed by atoms with Gasteiger partial charge in [0.25, 0.3) is 0 Å². The van der Waals surface area contributed by atoms with Crippen LogP contribution in [-0.4, -0.2) is 26.6 Å². The van der Waals surface area contributed by atoms with Crippen LogP contribution in [0.25, 0.3) is 10.9 Å². The minimum absolute atomic E-state index is 0.0191. The molecule has 1 heterocycles. The summed E-state index contributed by atoms with van der Waals surface area (Å²) in [6.45, 7) is 0.546. The summed E-state index contributed by atoms with van der Waals surface area (Å²) in [4.78, 5) is 4.33. The zero-order valence-corrected chi connectivity index (χ0v) is 15.8. The molecule has 3 rings (SSSR count). The highest BCUT2D eigenvalue weighted by molar-refractivity contribution is 7.89. The summed E-state index contributed by atoms with van der Waals surface area (Å²) in [6.07, 6.45) is 2.18. The number of fused-ring (bicyclic) bond motifs is 1. The second-order valence-corrected chi connectivity index (χ2v) is 7.86. The van der Waals surface area contributed by atoms with Crippen molar-refractivity contribution in [1.82, 2.24) is 9.71 Å². The molecule has 0 saturated carbocycles. The van der Waals surface area contributed by atoms with Gasteiger partial charge >= 0.3 is 0 Å². The zero-order valence-electron chi connectivity index (χ0n) is 14.2. The van der Waals surface area contributed by atoms with Crippen LogP contribution >= 0.6 is 11.6 Å². The van der Waals surface area contributed by atoms with E-state index in [2.05, 4.69) is 9.71 Å². The smallest absolute Gasteiger partial charge is 0.240 e. The quantitative estimate of drug-likeness (QED) is 0.611. The molecule has 0 spiro atoms. The van der Waals surface area contributed by atoms with E-state index in [1.165, 1.54) is 18.2 Å². The topological polar surface area (TPSA) is 92.1 Å². The van der Waals surface area contributed by atoms with Crippen molar-refractivity contribution in [3.63, 3.8) is 0 Å². The number of aromatic nitrogens is 1. The fourth-order valence-corrected chi connectivity index (χ4v) is 3.88. The van der Waals surface area contributed by atoms with Crippen molar-refractivity contribution in [3.8, 4) is 11.8 Å². The molecule has 0 aliphatic rings. The van der Waals surface area contributed by atoms with E-state index in [4.69, 9.17) is 21.6 Å². The van der Waals surface area contributed by atoms with E-state index in [9.17, 15) is 8.42 Å². The second kappa shape index (κ2) is 8.35. The lowest BCUT2D eigenvalue weighted by atomic mass is 10.2. The normalized spacial score (nSPS) is 11.3. The third kappa shape index (κ3) is 4.55. The zero-order chi connectivity index (χ0) is 19.3. The van der Waals surface area contributed by atoms with Crippen LogP contribution in [0.15, 0.2) is 59.6 Å². The van der Waals surface area contributed by atoms with Gasteiger partial charge in [-0.1, -0.05) is 29.8 Å². The summed E-state index contributed by atoms with van der Waals surface area (Å²) < 4.78 is 32.8. The number of pyridine rings is 1. The van der Waals surface area contributed by atoms with E-state index >= 15 is 0 Å². The summed E-state index contributed by atoms with van der Waals surface area (Å²) in [5, 5.41) is 9.94. The number of hydrogen-bond acceptors (Lipinski definition) is 5. The van der Waals surface area contributed by atoms with Crippen LogP contribution in [0.1, 0.15) is 12.0 Å². The molecule has 6 nitrogen and oxygen atoms in total. The minimum atomic E-state index is -3.70. The van der Waals surface area contributed by atoms with Crippen molar-refractivity contribution in [2.75, 3.05) is 13.2 Å². The molecule has 0 aliphatic heterocycles. The number of halogens is 1. The minimum Gasteiger partial charge on any atom is -0.491 e. The Morgan fingerprint density at radius 1 is 1.19 bits per heavy atom. The molecule has 3 aromatic rings. The summed E-state index contributed by atoms with van der Waals surface area (Å²) in [7, 11) is -3.70. The summed E-state index contributed by atoms with van der Waals surface area (Å²) in [5.41, 5.74) is 1.00. The molecule has 27 heavy (non-hydrogen) atoms. The van der Waals surface area contributed by atoms with Crippen LogP contribution in [0, 0.1) is 11.3 Å². The lowest BCUT2D eigenvalue weighted by Gasteiger charge is -2.10. The Morgan fingerprint density at radius 3 is 2.78 bits per heavy atom. The number of para-hydroxylation sites is 1. The first-order valence-electron chi connectivity index (χ1n) is 8.17.